The zero-order valence-corrected chi connectivity index (χ0v) is 16.3. The van der Waals surface area contributed by atoms with E-state index in [9.17, 15) is 4.39 Å². The molecule has 0 bridgehead atoms. The highest BCUT2D eigenvalue weighted by Gasteiger charge is 2.00. The quantitative estimate of drug-likeness (QED) is 0.316. The molecule has 6 heteroatoms. The van der Waals surface area contributed by atoms with Crippen molar-refractivity contribution in [3.63, 3.8) is 0 Å². The Morgan fingerprint density at radius 2 is 1.70 bits per heavy atom. The van der Waals surface area contributed by atoms with Gasteiger partial charge in [-0.05, 0) is 41.6 Å². The molecular weight excluding hydrogens is 424 g/mol. The maximum atomic E-state index is 13.1. The fraction of sp³-hybridized carbons (Fsp3) is 0.235. The number of hydrogen-bond acceptors (Lipinski definition) is 2. The largest absolute Gasteiger partial charge is 0.352 e. The van der Waals surface area contributed by atoms with Gasteiger partial charge in [-0.3, -0.25) is 4.99 Å². The molecule has 2 aromatic rings. The fourth-order valence-corrected chi connectivity index (χ4v) is 2.39. The zero-order valence-electron chi connectivity index (χ0n) is 13.2. The van der Waals surface area contributed by atoms with Gasteiger partial charge in [0, 0.05) is 25.0 Å². The number of benzene rings is 2. The van der Waals surface area contributed by atoms with Gasteiger partial charge in [0.2, 0.25) is 0 Å². The first kappa shape index (κ1) is 19.8. The second-order valence-corrected chi connectivity index (χ2v) is 5.64. The highest BCUT2D eigenvalue weighted by Crippen LogP contribution is 2.14. The van der Waals surface area contributed by atoms with Crippen molar-refractivity contribution in [1.29, 1.82) is 0 Å². The van der Waals surface area contributed by atoms with Crippen LogP contribution in [0.25, 0.3) is 0 Å². The van der Waals surface area contributed by atoms with Gasteiger partial charge in [0.15, 0.2) is 5.96 Å². The number of hydrogen-bond donors (Lipinski definition) is 2. The third kappa shape index (κ3) is 6.78. The molecule has 0 fully saturated rings. The van der Waals surface area contributed by atoms with Gasteiger partial charge in [-0.2, -0.15) is 0 Å². The van der Waals surface area contributed by atoms with Crippen LogP contribution in [0.15, 0.2) is 58.4 Å². The predicted octanol–water partition coefficient (Wildman–Crippen LogP) is 4.03. The second kappa shape index (κ2) is 10.5. The average molecular weight is 445 g/mol. The van der Waals surface area contributed by atoms with E-state index in [-0.39, 0.29) is 29.8 Å². The predicted molar refractivity (Wildman–Crippen MR) is 107 cm³/mol. The van der Waals surface area contributed by atoms with Gasteiger partial charge in [-0.15, -0.1) is 35.7 Å². The van der Waals surface area contributed by atoms with E-state index in [0.717, 1.165) is 5.56 Å². The molecule has 124 valence electrons. The van der Waals surface area contributed by atoms with Crippen molar-refractivity contribution >= 4 is 41.7 Å². The molecule has 2 rings (SSSR count). The number of guanidine groups is 1. The monoisotopic (exact) mass is 445 g/mol. The summed E-state index contributed by atoms with van der Waals surface area (Å²) in [5, 5.41) is 6.42. The van der Waals surface area contributed by atoms with E-state index in [0.29, 0.717) is 19.0 Å². The van der Waals surface area contributed by atoms with Gasteiger partial charge in [-0.25, -0.2) is 4.39 Å². The topological polar surface area (TPSA) is 36.4 Å². The van der Waals surface area contributed by atoms with Crippen LogP contribution in [0.3, 0.4) is 0 Å². The van der Waals surface area contributed by atoms with Crippen LogP contribution in [0.2, 0.25) is 0 Å². The van der Waals surface area contributed by atoms with E-state index in [2.05, 4.69) is 46.1 Å². The summed E-state index contributed by atoms with van der Waals surface area (Å²) >= 11 is 1.73. The van der Waals surface area contributed by atoms with E-state index in [4.69, 9.17) is 0 Å². The zero-order chi connectivity index (χ0) is 15.8. The Morgan fingerprint density at radius 3 is 2.26 bits per heavy atom. The highest BCUT2D eigenvalue weighted by atomic mass is 127. The van der Waals surface area contributed by atoms with Crippen LogP contribution in [0.5, 0.6) is 0 Å². The summed E-state index contributed by atoms with van der Waals surface area (Å²) in [7, 11) is 1.72. The molecule has 0 atom stereocenters. The molecule has 0 amide bonds. The second-order valence-electron chi connectivity index (χ2n) is 4.76. The normalized spacial score (nSPS) is 10.8. The molecular formula is C17H21FIN3S. The Kier molecular flexibility index (Phi) is 9.01. The lowest BCUT2D eigenvalue weighted by molar-refractivity contribution is 0.624. The van der Waals surface area contributed by atoms with Crippen molar-refractivity contribution < 1.29 is 4.39 Å². The molecule has 0 aliphatic carbocycles. The smallest absolute Gasteiger partial charge is 0.191 e. The molecule has 0 heterocycles. The number of nitrogens with zero attached hydrogens (tertiary/aromatic N) is 1. The molecule has 0 radical (unpaired) electrons. The first-order valence-electron chi connectivity index (χ1n) is 7.03. The summed E-state index contributed by atoms with van der Waals surface area (Å²) in [5.41, 5.74) is 2.07. The molecule has 0 spiro atoms. The Hall–Kier alpha value is -1.28. The van der Waals surface area contributed by atoms with Gasteiger partial charge in [-0.1, -0.05) is 24.3 Å². The highest BCUT2D eigenvalue weighted by molar-refractivity contribution is 14.0. The summed E-state index contributed by atoms with van der Waals surface area (Å²) in [6.07, 6.45) is 2.06. The molecule has 0 aliphatic rings. The van der Waals surface area contributed by atoms with E-state index < -0.39 is 0 Å². The first-order chi connectivity index (χ1) is 10.7. The van der Waals surface area contributed by atoms with Crippen LogP contribution < -0.4 is 10.6 Å². The van der Waals surface area contributed by atoms with Gasteiger partial charge in [0.1, 0.15) is 5.82 Å². The maximum Gasteiger partial charge on any atom is 0.191 e. The lowest BCUT2D eigenvalue weighted by Gasteiger charge is -2.12. The number of nitrogens with one attached hydrogen (secondary N) is 2. The van der Waals surface area contributed by atoms with Crippen LogP contribution >= 0.6 is 35.7 Å². The lowest BCUT2D eigenvalue weighted by atomic mass is 10.2. The van der Waals surface area contributed by atoms with Gasteiger partial charge in [0.25, 0.3) is 0 Å². The summed E-state index contributed by atoms with van der Waals surface area (Å²) in [6.45, 7) is 1.22. The molecule has 23 heavy (non-hydrogen) atoms. The summed E-state index contributed by atoms with van der Waals surface area (Å²) in [5.74, 6) is 0.467. The molecule has 0 aliphatic heterocycles. The Labute approximate surface area is 158 Å². The Balaban J connectivity index is 0.00000264. The minimum absolute atomic E-state index is 0. The van der Waals surface area contributed by atoms with Crippen molar-refractivity contribution in [2.45, 2.75) is 18.0 Å². The van der Waals surface area contributed by atoms with Crippen LogP contribution in [0.1, 0.15) is 11.1 Å². The van der Waals surface area contributed by atoms with Gasteiger partial charge < -0.3 is 10.6 Å². The Bertz CT molecular complexity index is 632. The van der Waals surface area contributed by atoms with Crippen LogP contribution in [0, 0.1) is 5.82 Å². The van der Waals surface area contributed by atoms with E-state index in [1.165, 1.54) is 22.6 Å². The number of thioether (sulfide) groups is 1. The van der Waals surface area contributed by atoms with E-state index in [1.807, 2.05) is 6.07 Å². The SMILES string of the molecule is CN=C(NCc1ccc(SC)cc1)NCc1cccc(F)c1.I. The summed E-state index contributed by atoms with van der Waals surface area (Å²) < 4.78 is 13.1. The number of halogens is 2. The van der Waals surface area contributed by atoms with E-state index in [1.54, 1.807) is 24.9 Å². The minimum atomic E-state index is -0.226. The molecule has 2 N–H and O–H groups in total. The third-order valence-electron chi connectivity index (χ3n) is 3.19. The van der Waals surface area contributed by atoms with Crippen molar-refractivity contribution in [2.24, 2.45) is 4.99 Å². The van der Waals surface area contributed by atoms with Crippen LogP contribution in [0.4, 0.5) is 4.39 Å². The van der Waals surface area contributed by atoms with Crippen LogP contribution in [-0.4, -0.2) is 19.3 Å². The Morgan fingerprint density at radius 1 is 1.04 bits per heavy atom. The van der Waals surface area contributed by atoms with Gasteiger partial charge in [0.05, 0.1) is 0 Å². The average Bonchev–Trinajstić information content (AvgIpc) is 2.55. The van der Waals surface area contributed by atoms with Crippen LogP contribution in [-0.2, 0) is 13.1 Å². The van der Waals surface area contributed by atoms with Crippen molar-refractivity contribution in [1.82, 2.24) is 10.6 Å². The lowest BCUT2D eigenvalue weighted by Crippen LogP contribution is -2.36. The number of rotatable bonds is 5. The van der Waals surface area contributed by atoms with Crippen molar-refractivity contribution in [3.8, 4) is 0 Å². The minimum Gasteiger partial charge on any atom is -0.352 e. The molecule has 3 nitrogen and oxygen atoms in total. The fourth-order valence-electron chi connectivity index (χ4n) is 1.98. The standard InChI is InChI=1S/C17H20FN3S.HI/c1-19-17(21-12-14-4-3-5-15(18)10-14)20-11-13-6-8-16(22-2)9-7-13;/h3-10H,11-12H2,1-2H3,(H2,19,20,21);1H. The molecule has 0 saturated heterocycles. The van der Waals surface area contributed by atoms with Crippen molar-refractivity contribution in [2.75, 3.05) is 13.3 Å². The molecule has 0 saturated carbocycles. The maximum absolute atomic E-state index is 13.1. The first-order valence-corrected chi connectivity index (χ1v) is 8.25. The molecule has 2 aromatic carbocycles. The third-order valence-corrected chi connectivity index (χ3v) is 3.94. The summed E-state index contributed by atoms with van der Waals surface area (Å²) in [4.78, 5) is 5.42. The molecule has 0 aromatic heterocycles. The van der Waals surface area contributed by atoms with Crippen molar-refractivity contribution in [3.05, 3.63) is 65.5 Å². The van der Waals surface area contributed by atoms with E-state index >= 15 is 0 Å². The van der Waals surface area contributed by atoms with Gasteiger partial charge >= 0.3 is 0 Å². The molecule has 0 unspecified atom stereocenters. The number of aliphatic imine (C=N–C) groups is 1. The summed E-state index contributed by atoms with van der Waals surface area (Å²) in [6, 6.07) is 14.9.